The molecule has 0 spiro atoms. The molecule has 0 radical (unpaired) electrons. The molecule has 1 fully saturated rings. The average Bonchev–Trinajstić information content (AvgIpc) is 3.08. The highest BCUT2D eigenvalue weighted by Gasteiger charge is 2.28. The van der Waals surface area contributed by atoms with Crippen LogP contribution in [-0.2, 0) is 11.2 Å². The minimum atomic E-state index is 0.0462. The monoisotopic (exact) mass is 359 g/mol. The molecule has 0 unspecified atom stereocenters. The van der Waals surface area contributed by atoms with Crippen molar-refractivity contribution in [3.05, 3.63) is 30.2 Å². The van der Waals surface area contributed by atoms with Crippen molar-refractivity contribution in [2.75, 3.05) is 46.4 Å². The van der Waals surface area contributed by atoms with Gasteiger partial charge in [-0.15, -0.1) is 10.2 Å². The van der Waals surface area contributed by atoms with Gasteiger partial charge in [0.15, 0.2) is 11.6 Å². The number of nitrogens with one attached hydrogen (secondary N) is 2. The zero-order valence-electron chi connectivity index (χ0n) is 15.9. The van der Waals surface area contributed by atoms with Gasteiger partial charge >= 0.3 is 0 Å². The molecule has 0 amide bonds. The molecular formula is C18H29N7O. The first kappa shape index (κ1) is 18.6. The maximum Gasteiger partial charge on any atom is 0.191 e. The van der Waals surface area contributed by atoms with E-state index in [2.05, 4.69) is 44.6 Å². The average molecular weight is 359 g/mol. The maximum atomic E-state index is 5.45. The van der Waals surface area contributed by atoms with Crippen molar-refractivity contribution in [2.24, 2.45) is 4.99 Å². The predicted molar refractivity (Wildman–Crippen MR) is 103 cm³/mol. The van der Waals surface area contributed by atoms with Crippen LogP contribution in [0.25, 0.3) is 5.65 Å². The van der Waals surface area contributed by atoms with Crippen molar-refractivity contribution in [1.82, 2.24) is 30.1 Å². The van der Waals surface area contributed by atoms with E-state index in [-0.39, 0.29) is 5.54 Å². The number of ether oxygens (including phenoxy) is 1. The molecule has 1 aliphatic rings. The minimum Gasteiger partial charge on any atom is -0.379 e. The SMILES string of the molecule is CN=C(NCCc1nnc2ccccn12)NCC(C)(C)N1CCOCC1. The van der Waals surface area contributed by atoms with Crippen LogP contribution in [-0.4, -0.2) is 77.4 Å². The highest BCUT2D eigenvalue weighted by Crippen LogP contribution is 2.14. The molecule has 0 saturated carbocycles. The second-order valence-corrected chi connectivity index (χ2v) is 7.06. The lowest BCUT2D eigenvalue weighted by Gasteiger charge is -2.41. The quantitative estimate of drug-likeness (QED) is 0.579. The fraction of sp³-hybridized carbons (Fsp3) is 0.611. The van der Waals surface area contributed by atoms with Gasteiger partial charge in [-0.1, -0.05) is 6.07 Å². The summed E-state index contributed by atoms with van der Waals surface area (Å²) in [6.07, 6.45) is 2.77. The Hall–Kier alpha value is -2.19. The molecule has 2 aromatic rings. The van der Waals surface area contributed by atoms with E-state index >= 15 is 0 Å². The van der Waals surface area contributed by atoms with Gasteiger partial charge in [0, 0.05) is 51.4 Å². The molecule has 2 N–H and O–H groups in total. The molecule has 0 bridgehead atoms. The molecular weight excluding hydrogens is 330 g/mol. The second kappa shape index (κ2) is 8.46. The molecule has 3 rings (SSSR count). The fourth-order valence-corrected chi connectivity index (χ4v) is 3.16. The van der Waals surface area contributed by atoms with Crippen LogP contribution in [0.5, 0.6) is 0 Å². The van der Waals surface area contributed by atoms with Gasteiger partial charge in [-0.2, -0.15) is 0 Å². The topological polar surface area (TPSA) is 79.1 Å². The van der Waals surface area contributed by atoms with Crippen LogP contribution in [0.2, 0.25) is 0 Å². The minimum absolute atomic E-state index is 0.0462. The largest absolute Gasteiger partial charge is 0.379 e. The van der Waals surface area contributed by atoms with Crippen LogP contribution >= 0.6 is 0 Å². The number of fused-ring (bicyclic) bond motifs is 1. The van der Waals surface area contributed by atoms with E-state index in [4.69, 9.17) is 4.74 Å². The van der Waals surface area contributed by atoms with E-state index in [0.29, 0.717) is 0 Å². The Labute approximate surface area is 154 Å². The summed E-state index contributed by atoms with van der Waals surface area (Å²) < 4.78 is 7.46. The van der Waals surface area contributed by atoms with Crippen molar-refractivity contribution >= 4 is 11.6 Å². The molecule has 0 atom stereocenters. The van der Waals surface area contributed by atoms with Crippen molar-refractivity contribution in [3.8, 4) is 0 Å². The standard InChI is InChI=1S/C18H29N7O/c1-18(2,24-10-12-26-13-11-24)14-21-17(19-3)20-8-7-16-23-22-15-6-4-5-9-25(15)16/h4-6,9H,7-8,10-14H2,1-3H3,(H2,19,20,21). The van der Waals surface area contributed by atoms with Crippen LogP contribution in [0.4, 0.5) is 0 Å². The van der Waals surface area contributed by atoms with Gasteiger partial charge in [0.05, 0.1) is 13.2 Å². The first-order chi connectivity index (χ1) is 12.6. The molecule has 3 heterocycles. The number of nitrogens with zero attached hydrogens (tertiary/aromatic N) is 5. The van der Waals surface area contributed by atoms with Gasteiger partial charge in [-0.25, -0.2) is 0 Å². The Morgan fingerprint density at radius 1 is 1.23 bits per heavy atom. The van der Waals surface area contributed by atoms with Crippen LogP contribution in [0.15, 0.2) is 29.4 Å². The van der Waals surface area contributed by atoms with E-state index < -0.39 is 0 Å². The third-order valence-electron chi connectivity index (χ3n) is 4.80. The lowest BCUT2D eigenvalue weighted by molar-refractivity contribution is -0.00833. The normalized spacial score (nSPS) is 16.8. The number of morpholine rings is 1. The summed E-state index contributed by atoms with van der Waals surface area (Å²) in [6, 6.07) is 5.91. The Morgan fingerprint density at radius 2 is 2.04 bits per heavy atom. The van der Waals surface area contributed by atoms with Crippen molar-refractivity contribution in [3.63, 3.8) is 0 Å². The van der Waals surface area contributed by atoms with Crippen LogP contribution in [0.1, 0.15) is 19.7 Å². The van der Waals surface area contributed by atoms with Gasteiger partial charge in [-0.05, 0) is 26.0 Å². The predicted octanol–water partition coefficient (Wildman–Crippen LogP) is 0.548. The van der Waals surface area contributed by atoms with E-state index in [1.807, 2.05) is 28.8 Å². The number of aliphatic imine (C=N–C) groups is 1. The second-order valence-electron chi connectivity index (χ2n) is 7.06. The number of hydrogen-bond acceptors (Lipinski definition) is 5. The number of guanidine groups is 1. The van der Waals surface area contributed by atoms with Crippen LogP contribution in [0.3, 0.4) is 0 Å². The molecule has 8 nitrogen and oxygen atoms in total. The third kappa shape index (κ3) is 4.50. The summed E-state index contributed by atoms with van der Waals surface area (Å²) in [5.74, 6) is 1.75. The number of aromatic nitrogens is 3. The highest BCUT2D eigenvalue weighted by molar-refractivity contribution is 5.79. The number of hydrogen-bond donors (Lipinski definition) is 2. The molecule has 142 valence electrons. The number of pyridine rings is 1. The van der Waals surface area contributed by atoms with E-state index in [1.54, 1.807) is 7.05 Å². The molecule has 2 aromatic heterocycles. The maximum absolute atomic E-state index is 5.45. The Morgan fingerprint density at radius 3 is 2.81 bits per heavy atom. The van der Waals surface area contributed by atoms with Crippen LogP contribution < -0.4 is 10.6 Å². The van der Waals surface area contributed by atoms with Gasteiger partial charge in [0.25, 0.3) is 0 Å². The summed E-state index contributed by atoms with van der Waals surface area (Å²) in [6.45, 7) is 9.63. The molecule has 26 heavy (non-hydrogen) atoms. The first-order valence-electron chi connectivity index (χ1n) is 9.16. The molecule has 1 aliphatic heterocycles. The van der Waals surface area contributed by atoms with Gasteiger partial charge in [0.1, 0.15) is 5.82 Å². The number of rotatable bonds is 6. The van der Waals surface area contributed by atoms with Gasteiger partial charge in [0.2, 0.25) is 0 Å². The van der Waals surface area contributed by atoms with Gasteiger partial charge < -0.3 is 15.4 Å². The zero-order chi connectivity index (χ0) is 18.4. The fourth-order valence-electron chi connectivity index (χ4n) is 3.16. The summed E-state index contributed by atoms with van der Waals surface area (Å²) in [4.78, 5) is 6.78. The van der Waals surface area contributed by atoms with E-state index in [9.17, 15) is 0 Å². The highest BCUT2D eigenvalue weighted by atomic mass is 16.5. The third-order valence-corrected chi connectivity index (χ3v) is 4.80. The first-order valence-corrected chi connectivity index (χ1v) is 9.16. The lowest BCUT2D eigenvalue weighted by atomic mass is 10.0. The molecule has 0 aromatic carbocycles. The summed E-state index contributed by atoms with van der Waals surface area (Å²) in [5.41, 5.74) is 0.919. The molecule has 0 aliphatic carbocycles. The Balaban J connectivity index is 1.47. The Bertz CT molecular complexity index is 734. The van der Waals surface area contributed by atoms with Crippen molar-refractivity contribution in [2.45, 2.75) is 25.8 Å². The lowest BCUT2D eigenvalue weighted by Crippen LogP contribution is -2.56. The smallest absolute Gasteiger partial charge is 0.191 e. The zero-order valence-corrected chi connectivity index (χ0v) is 15.9. The summed E-state index contributed by atoms with van der Waals surface area (Å²) >= 11 is 0. The Kier molecular flexibility index (Phi) is 6.05. The van der Waals surface area contributed by atoms with Gasteiger partial charge in [-0.3, -0.25) is 14.3 Å². The summed E-state index contributed by atoms with van der Waals surface area (Å²) in [5, 5.41) is 15.2. The van der Waals surface area contributed by atoms with Crippen LogP contribution in [0, 0.1) is 0 Å². The molecule has 8 heteroatoms. The van der Waals surface area contributed by atoms with Crippen molar-refractivity contribution < 1.29 is 4.74 Å². The van der Waals surface area contributed by atoms with Crippen molar-refractivity contribution in [1.29, 1.82) is 0 Å². The van der Waals surface area contributed by atoms with E-state index in [0.717, 1.165) is 63.2 Å². The van der Waals surface area contributed by atoms with E-state index in [1.165, 1.54) is 0 Å². The summed E-state index contributed by atoms with van der Waals surface area (Å²) in [7, 11) is 1.80. The molecule has 1 saturated heterocycles.